The maximum absolute atomic E-state index is 12.5. The van der Waals surface area contributed by atoms with Crippen molar-refractivity contribution in [3.63, 3.8) is 0 Å². The second-order valence-corrected chi connectivity index (χ2v) is 21.9. The van der Waals surface area contributed by atoms with E-state index in [1.807, 2.05) is 18.2 Å². The number of hydrogen-bond acceptors (Lipinski definition) is 3. The fourth-order valence-corrected chi connectivity index (χ4v) is 8.69. The minimum absolute atomic E-state index is 0. The van der Waals surface area contributed by atoms with Gasteiger partial charge in [-0.25, -0.2) is 4.98 Å². The Morgan fingerprint density at radius 3 is 1.78 bits per heavy atom. The van der Waals surface area contributed by atoms with E-state index in [0.717, 1.165) is 55.7 Å². The van der Waals surface area contributed by atoms with Crippen molar-refractivity contribution in [3.8, 4) is 67.5 Å². The minimum Gasteiger partial charge on any atom is -0.507 e. The van der Waals surface area contributed by atoms with Crippen LogP contribution in [-0.2, 0) is 48.1 Å². The van der Waals surface area contributed by atoms with E-state index < -0.39 is 31.4 Å². The van der Waals surface area contributed by atoms with Gasteiger partial charge in [-0.05, 0) is 96.4 Å². The molecular weight excluding hydrogens is 998 g/mol. The number of aromatic nitrogens is 3. The molecule has 0 aliphatic rings. The van der Waals surface area contributed by atoms with Gasteiger partial charge in [-0.2, -0.15) is 0 Å². The molecule has 0 fully saturated rings. The van der Waals surface area contributed by atoms with Gasteiger partial charge in [-0.15, -0.1) is 29.3 Å². The summed E-state index contributed by atoms with van der Waals surface area (Å²) in [6, 6.07) is 44.7. The van der Waals surface area contributed by atoms with Gasteiger partial charge >= 0.3 is 0 Å². The first-order valence-corrected chi connectivity index (χ1v) is 22.8. The van der Waals surface area contributed by atoms with E-state index in [4.69, 9.17) is 22.3 Å². The van der Waals surface area contributed by atoms with E-state index in [9.17, 15) is 5.11 Å². The fraction of sp³-hybridized carbons (Fsp3) is 0.323. The van der Waals surface area contributed by atoms with Crippen molar-refractivity contribution in [2.24, 2.45) is 0 Å². The molecule has 0 aliphatic heterocycles. The number of fused-ring (bicyclic) bond motifs is 1. The van der Waals surface area contributed by atoms with E-state index in [-0.39, 0.29) is 48.6 Å². The third-order valence-corrected chi connectivity index (χ3v) is 12.6. The van der Waals surface area contributed by atoms with Gasteiger partial charge in [0, 0.05) is 56.5 Å². The molecular formula is C62H68N3OPt-. The number of nitrogens with zero attached hydrogens (tertiary/aromatic N) is 3. The Labute approximate surface area is 427 Å². The first kappa shape index (κ1) is 38.4. The second kappa shape index (κ2) is 17.8. The summed E-state index contributed by atoms with van der Waals surface area (Å²) < 4.78 is 76.1. The van der Waals surface area contributed by atoms with E-state index in [1.165, 1.54) is 12.1 Å². The van der Waals surface area contributed by atoms with E-state index >= 15 is 0 Å². The van der Waals surface area contributed by atoms with Gasteiger partial charge in [0.05, 0.1) is 16.6 Å². The number of rotatable bonds is 6. The molecule has 2 aromatic heterocycles. The van der Waals surface area contributed by atoms with Crippen LogP contribution in [0.4, 0.5) is 0 Å². The molecule has 0 spiro atoms. The van der Waals surface area contributed by atoms with Gasteiger partial charge in [0.15, 0.2) is 0 Å². The molecule has 2 heterocycles. The number of phenols is 1. The zero-order valence-corrected chi connectivity index (χ0v) is 43.1. The minimum atomic E-state index is -3.37. The van der Waals surface area contributed by atoms with Crippen molar-refractivity contribution >= 4 is 11.0 Å². The predicted octanol–water partition coefficient (Wildman–Crippen LogP) is 16.7. The molecule has 67 heavy (non-hydrogen) atoms. The van der Waals surface area contributed by atoms with Gasteiger partial charge in [0.25, 0.3) is 0 Å². The van der Waals surface area contributed by atoms with Gasteiger partial charge in [-0.3, -0.25) is 9.55 Å². The largest absolute Gasteiger partial charge is 0.507 e. The summed E-state index contributed by atoms with van der Waals surface area (Å²) in [6.07, 6.45) is 1.67. The zero-order valence-electron chi connectivity index (χ0n) is 49.8. The first-order valence-electron chi connectivity index (χ1n) is 27.3. The van der Waals surface area contributed by atoms with Crippen LogP contribution in [0.25, 0.3) is 72.7 Å². The van der Waals surface area contributed by atoms with Gasteiger partial charge < -0.3 is 5.11 Å². The van der Waals surface area contributed by atoms with Crippen LogP contribution in [-0.4, -0.2) is 19.6 Å². The molecule has 4 nitrogen and oxygen atoms in total. The molecule has 0 unspecified atom stereocenters. The molecule has 0 bridgehead atoms. The molecule has 0 amide bonds. The average molecular weight is 1080 g/mol. The van der Waals surface area contributed by atoms with Crippen molar-refractivity contribution in [1.29, 1.82) is 0 Å². The van der Waals surface area contributed by atoms with Crippen LogP contribution in [0.3, 0.4) is 0 Å². The Bertz CT molecular complexity index is 3400. The van der Waals surface area contributed by atoms with Crippen molar-refractivity contribution < 1.29 is 38.5 Å². The Hall–Kier alpha value is -5.57. The molecule has 348 valence electrons. The zero-order chi connectivity index (χ0) is 55.2. The van der Waals surface area contributed by atoms with Crippen molar-refractivity contribution in [2.45, 2.75) is 131 Å². The summed E-state index contributed by atoms with van der Waals surface area (Å²) >= 11 is 0. The molecule has 0 saturated heterocycles. The Morgan fingerprint density at radius 1 is 0.507 bits per heavy atom. The number of benzene rings is 6. The number of pyridine rings is 1. The smallest absolute Gasteiger partial charge is 0.148 e. The maximum atomic E-state index is 12.5. The average Bonchev–Trinajstić information content (AvgIpc) is 3.69. The van der Waals surface area contributed by atoms with Crippen LogP contribution in [0, 0.1) is 6.07 Å². The molecule has 6 aromatic carbocycles. The Morgan fingerprint density at radius 2 is 1.15 bits per heavy atom. The number of hydrogen-bond donors (Lipinski definition) is 1. The van der Waals surface area contributed by atoms with Crippen molar-refractivity contribution in [3.05, 3.63) is 167 Å². The summed E-state index contributed by atoms with van der Waals surface area (Å²) in [5.41, 5.74) is 9.00. The maximum Gasteiger partial charge on any atom is 0.148 e. The Kier molecular flexibility index (Phi) is 10.2. The summed E-state index contributed by atoms with van der Waals surface area (Å²) in [4.78, 5) is 10.4. The van der Waals surface area contributed by atoms with Gasteiger partial charge in [0.2, 0.25) is 0 Å². The van der Waals surface area contributed by atoms with Crippen LogP contribution < -0.4 is 0 Å². The monoisotopic (exact) mass is 1070 g/mol. The molecule has 0 atom stereocenters. The quantitative estimate of drug-likeness (QED) is 0.169. The first-order chi connectivity index (χ1) is 34.5. The van der Waals surface area contributed by atoms with Crippen LogP contribution in [0.2, 0.25) is 0 Å². The molecule has 0 aliphatic carbocycles. The van der Waals surface area contributed by atoms with Gasteiger partial charge in [-0.1, -0.05) is 200 Å². The topological polar surface area (TPSA) is 50.9 Å². The molecule has 8 rings (SSSR count). The number of phenolic OH excluding ortho intramolecular Hbond substituents is 1. The number of para-hydroxylation sites is 1. The predicted molar refractivity (Wildman–Crippen MR) is 280 cm³/mol. The molecule has 0 saturated carbocycles. The fourth-order valence-electron chi connectivity index (χ4n) is 8.69. The third kappa shape index (κ3) is 10.0. The van der Waals surface area contributed by atoms with Crippen LogP contribution in [0.15, 0.2) is 134 Å². The van der Waals surface area contributed by atoms with E-state index in [2.05, 4.69) is 173 Å². The van der Waals surface area contributed by atoms with E-state index in [1.54, 1.807) is 24.4 Å². The molecule has 5 heteroatoms. The van der Waals surface area contributed by atoms with Crippen LogP contribution >= 0.6 is 0 Å². The second-order valence-electron chi connectivity index (χ2n) is 21.9. The molecule has 8 aromatic rings. The van der Waals surface area contributed by atoms with Crippen LogP contribution in [0.5, 0.6) is 5.75 Å². The van der Waals surface area contributed by atoms with Crippen molar-refractivity contribution in [1.82, 2.24) is 14.5 Å². The van der Waals surface area contributed by atoms with Crippen LogP contribution in [0.1, 0.15) is 144 Å². The number of aromatic hydroxyl groups is 1. The summed E-state index contributed by atoms with van der Waals surface area (Å²) in [5.74, 6) is 0.779. The van der Waals surface area contributed by atoms with Crippen molar-refractivity contribution in [2.75, 3.05) is 0 Å². The normalized spacial score (nSPS) is 15.2. The summed E-state index contributed by atoms with van der Waals surface area (Å²) in [5, 5.41) is 12.5. The van der Waals surface area contributed by atoms with Gasteiger partial charge in [0.1, 0.15) is 11.6 Å². The number of imidazole rings is 1. The molecule has 1 N–H and O–H groups in total. The SMILES string of the molecule is [2H]C([2H])([2H])C(c1ccc(-c2ccnc(-c3[c-]c(-c4cccc5c4nc(-c4cc(C(C)(C)C)cc(C(C)(C)C)c4O)n5-c4ccc(-c5ccccc5)c(C(C)(C)C)c4)cc(C(C)(C)C)c3)c2)cc1)(C([2H])([2H])[2H])C([2H])([2H])[2H].[Pt]. The Balaban J connectivity index is 0.00000840. The van der Waals surface area contributed by atoms with E-state index in [0.29, 0.717) is 39.3 Å². The third-order valence-electron chi connectivity index (χ3n) is 12.6. The molecule has 0 radical (unpaired) electrons. The summed E-state index contributed by atoms with van der Waals surface area (Å²) in [6.45, 7) is 15.9. The standard InChI is InChI=1S/C62H68N3O.Pt/c1-58(2,3)44-26-24-39(25-27-44)41-30-31-63-53(35-41)43-32-42(33-45(34-43)59(4,5)6)49-22-19-23-54-55(49)64-57(50-36-46(60(7,8)9)37-52(56(50)66)62(13,14)15)65(54)47-28-29-48(40-20-17-16-18-21-40)51(38-47)61(10,11)12;/h16-31,33-38,66H,1-15H3;/q-1;/i1D3,2D3,3D3;. The summed E-state index contributed by atoms with van der Waals surface area (Å²) in [7, 11) is 0.